The summed E-state index contributed by atoms with van der Waals surface area (Å²) >= 11 is 3.45. The molecule has 0 aliphatic rings. The number of aromatic amines is 1. The van der Waals surface area contributed by atoms with Crippen molar-refractivity contribution in [2.75, 3.05) is 7.11 Å². The van der Waals surface area contributed by atoms with Gasteiger partial charge in [-0.05, 0) is 55.9 Å². The summed E-state index contributed by atoms with van der Waals surface area (Å²) in [6.45, 7) is 1.93. The van der Waals surface area contributed by atoms with Gasteiger partial charge >= 0.3 is 5.85 Å². The molecule has 126 valence electrons. The van der Waals surface area contributed by atoms with E-state index in [1.165, 1.54) is 28.5 Å². The summed E-state index contributed by atoms with van der Waals surface area (Å²) in [4.78, 5) is 7.79. The number of methoxy groups -OCH3 is 1. The van der Waals surface area contributed by atoms with Crippen LogP contribution in [0, 0.1) is 6.92 Å². The number of aryl methyl sites for hydroxylation is 1. The second-order valence-electron chi connectivity index (χ2n) is 5.21. The van der Waals surface area contributed by atoms with Crippen LogP contribution in [0.15, 0.2) is 34.9 Å². The Hall–Kier alpha value is -1.72. The van der Waals surface area contributed by atoms with E-state index in [4.69, 9.17) is 4.74 Å². The number of benzene rings is 1. The number of alkyl halides is 2. The lowest BCUT2D eigenvalue weighted by Crippen LogP contribution is -2.14. The maximum Gasteiger partial charge on any atom is 0.408 e. The van der Waals surface area contributed by atoms with Crippen LogP contribution in [0.3, 0.4) is 0 Å². The second kappa shape index (κ2) is 6.30. The second-order valence-corrected chi connectivity index (χ2v) is 6.74. The lowest BCUT2D eigenvalue weighted by Gasteiger charge is -2.16. The summed E-state index contributed by atoms with van der Waals surface area (Å²) in [6.07, 6.45) is 1.82. The van der Waals surface area contributed by atoms with Gasteiger partial charge in [0.25, 0.3) is 0 Å². The van der Waals surface area contributed by atoms with Crippen LogP contribution in [0.25, 0.3) is 22.3 Å². The fraction of sp³-hybridized carbons (Fsp3) is 0.188. The van der Waals surface area contributed by atoms with Gasteiger partial charge in [-0.2, -0.15) is 8.78 Å². The van der Waals surface area contributed by atoms with E-state index in [0.717, 1.165) is 21.1 Å². The van der Waals surface area contributed by atoms with Gasteiger partial charge in [-0.3, -0.25) is 0 Å². The van der Waals surface area contributed by atoms with Crippen LogP contribution in [0.1, 0.15) is 5.56 Å². The topological polar surface area (TPSA) is 47.1 Å². The summed E-state index contributed by atoms with van der Waals surface area (Å²) in [6, 6.07) is 6.52. The van der Waals surface area contributed by atoms with Gasteiger partial charge in [0.05, 0.1) is 22.8 Å². The number of halogens is 3. The molecule has 0 saturated heterocycles. The van der Waals surface area contributed by atoms with Crippen molar-refractivity contribution in [2.45, 2.75) is 12.8 Å². The van der Waals surface area contributed by atoms with E-state index in [9.17, 15) is 8.78 Å². The van der Waals surface area contributed by atoms with Gasteiger partial charge in [-0.25, -0.2) is 4.98 Å². The number of pyridine rings is 1. The summed E-state index contributed by atoms with van der Waals surface area (Å²) in [5, 5.41) is 0. The first-order chi connectivity index (χ1) is 11.3. The number of aromatic nitrogens is 2. The summed E-state index contributed by atoms with van der Waals surface area (Å²) in [7, 11) is 2.81. The Bertz CT molecular complexity index is 909. The predicted octanol–water partition coefficient (Wildman–Crippen LogP) is 5.11. The summed E-state index contributed by atoms with van der Waals surface area (Å²) in [5.74, 6) is -2.92. The molecule has 24 heavy (non-hydrogen) atoms. The molecule has 0 fully saturated rings. The van der Waals surface area contributed by atoms with Gasteiger partial charge in [-0.15, -0.1) is 0 Å². The molecule has 0 saturated carbocycles. The van der Waals surface area contributed by atoms with E-state index in [-0.39, 0.29) is 5.75 Å². The molecule has 1 unspecified atom stereocenters. The minimum Gasteiger partial charge on any atom is -0.496 e. The zero-order valence-electron chi connectivity index (χ0n) is 12.9. The number of H-pyrrole nitrogens is 1. The number of rotatable bonds is 4. The Labute approximate surface area is 147 Å². The van der Waals surface area contributed by atoms with E-state index in [1.807, 2.05) is 19.2 Å². The van der Waals surface area contributed by atoms with Crippen molar-refractivity contribution < 1.29 is 18.3 Å². The van der Waals surface area contributed by atoms with Crippen molar-refractivity contribution in [1.29, 1.82) is 0 Å². The lowest BCUT2D eigenvalue weighted by molar-refractivity contribution is -0.0892. The first-order valence-corrected chi connectivity index (χ1v) is 8.34. The number of nitrogens with zero attached hydrogens (tertiary/aromatic N) is 1. The van der Waals surface area contributed by atoms with Gasteiger partial charge in [0.15, 0.2) is 0 Å². The zero-order chi connectivity index (χ0) is 17.5. The molecule has 0 aliphatic heterocycles. The third-order valence-electron chi connectivity index (χ3n) is 3.48. The molecule has 2 aromatic heterocycles. The number of ether oxygens (including phenoxy) is 2. The van der Waals surface area contributed by atoms with E-state index in [1.54, 1.807) is 6.07 Å². The van der Waals surface area contributed by atoms with E-state index < -0.39 is 5.85 Å². The van der Waals surface area contributed by atoms with Gasteiger partial charge in [0.1, 0.15) is 17.0 Å². The average molecular weight is 415 g/mol. The molecule has 1 atom stereocenters. The van der Waals surface area contributed by atoms with Crippen LogP contribution < -0.4 is 9.47 Å². The molecule has 3 aromatic rings. The predicted molar refractivity (Wildman–Crippen MR) is 95.8 cm³/mol. The van der Waals surface area contributed by atoms with Crippen LogP contribution in [-0.4, -0.2) is 22.9 Å². The van der Waals surface area contributed by atoms with E-state index in [2.05, 4.69) is 30.6 Å². The monoisotopic (exact) mass is 414 g/mol. The Kier molecular flexibility index (Phi) is 4.49. The van der Waals surface area contributed by atoms with Crippen LogP contribution in [0.4, 0.5) is 8.78 Å². The van der Waals surface area contributed by atoms with Crippen molar-refractivity contribution in [3.05, 3.63) is 40.5 Å². The van der Waals surface area contributed by atoms with Crippen molar-refractivity contribution in [2.24, 2.45) is 0 Å². The third kappa shape index (κ3) is 3.37. The van der Waals surface area contributed by atoms with Crippen LogP contribution in [0.5, 0.6) is 11.5 Å². The normalized spacial score (nSPS) is 11.8. The first kappa shape index (κ1) is 17.1. The maximum atomic E-state index is 13.0. The van der Waals surface area contributed by atoms with E-state index >= 15 is 0 Å². The summed E-state index contributed by atoms with van der Waals surface area (Å²) < 4.78 is 36.7. The highest BCUT2D eigenvalue weighted by Gasteiger charge is 2.24. The van der Waals surface area contributed by atoms with Crippen molar-refractivity contribution >= 4 is 36.2 Å². The maximum absolute atomic E-state index is 13.0. The fourth-order valence-electron chi connectivity index (χ4n) is 2.48. The third-order valence-corrected chi connectivity index (χ3v) is 4.20. The highest BCUT2D eigenvalue weighted by atomic mass is 79.9. The molecule has 0 amide bonds. The van der Waals surface area contributed by atoms with Crippen LogP contribution in [-0.2, 0) is 0 Å². The zero-order valence-corrected chi connectivity index (χ0v) is 15.6. The molecule has 4 nitrogen and oxygen atoms in total. The molecule has 1 aromatic carbocycles. The molecule has 2 heterocycles. The fourth-order valence-corrected chi connectivity index (χ4v) is 3.03. The minimum atomic E-state index is -3.34. The molecule has 0 radical (unpaired) electrons. The molecule has 3 rings (SSSR count). The Morgan fingerprint density at radius 3 is 2.71 bits per heavy atom. The number of fused-ring (bicyclic) bond motifs is 1. The molecule has 0 bridgehead atoms. The number of hydrogen-bond donors (Lipinski definition) is 1. The van der Waals surface area contributed by atoms with Crippen molar-refractivity contribution in [3.8, 4) is 22.8 Å². The first-order valence-electron chi connectivity index (χ1n) is 6.97. The molecule has 8 heteroatoms. The molecule has 0 spiro atoms. The molecule has 1 N–H and O–H groups in total. The standard InChI is InChI=1S/C16H14BrF2N2O2P/c1-8-5-12-15(11(17)7-20-12)21-14(8)10-4-3-9(6-13(10)22-2)23-16(18,19)24/h3-7,20H,24H2,1-2H3. The Balaban J connectivity index is 2.11. The highest BCUT2D eigenvalue weighted by molar-refractivity contribution is 9.10. The van der Waals surface area contributed by atoms with Gasteiger partial charge in [0, 0.05) is 17.8 Å². The van der Waals surface area contributed by atoms with Crippen LogP contribution in [0.2, 0.25) is 0 Å². The lowest BCUT2D eigenvalue weighted by atomic mass is 10.0. The van der Waals surface area contributed by atoms with Gasteiger partial charge in [-0.1, -0.05) is 0 Å². The van der Waals surface area contributed by atoms with E-state index in [0.29, 0.717) is 17.0 Å². The molecule has 0 aliphatic carbocycles. The number of nitrogens with one attached hydrogen (secondary N) is 1. The van der Waals surface area contributed by atoms with Crippen molar-refractivity contribution in [3.63, 3.8) is 0 Å². The highest BCUT2D eigenvalue weighted by Crippen LogP contribution is 2.37. The molecular formula is C16H14BrF2N2O2P. The minimum absolute atomic E-state index is 0.0113. The van der Waals surface area contributed by atoms with Gasteiger partial charge < -0.3 is 14.5 Å². The van der Waals surface area contributed by atoms with Crippen LogP contribution >= 0.6 is 25.2 Å². The smallest absolute Gasteiger partial charge is 0.408 e. The molecular weight excluding hydrogens is 401 g/mol. The SMILES string of the molecule is COc1cc(OC(F)(F)P)ccc1-c1nc2c(Br)c[nH]c2cc1C. The van der Waals surface area contributed by atoms with Crippen molar-refractivity contribution in [1.82, 2.24) is 9.97 Å². The quantitative estimate of drug-likeness (QED) is 0.603. The Morgan fingerprint density at radius 1 is 1.29 bits per heavy atom. The Morgan fingerprint density at radius 2 is 2.04 bits per heavy atom. The largest absolute Gasteiger partial charge is 0.496 e. The van der Waals surface area contributed by atoms with Gasteiger partial charge in [0.2, 0.25) is 0 Å². The average Bonchev–Trinajstić information content (AvgIpc) is 2.85. The number of hydrogen-bond acceptors (Lipinski definition) is 3. The summed E-state index contributed by atoms with van der Waals surface area (Å²) in [5.41, 5.74) is 4.03.